The van der Waals surface area contributed by atoms with Crippen LogP contribution < -0.4 is 5.32 Å². The Hall–Kier alpha value is -0.940. The molecule has 1 fully saturated rings. The van der Waals surface area contributed by atoms with E-state index in [1.807, 2.05) is 0 Å². The van der Waals surface area contributed by atoms with Gasteiger partial charge in [-0.05, 0) is 31.8 Å². The van der Waals surface area contributed by atoms with Gasteiger partial charge >= 0.3 is 0 Å². The number of hydrogen-bond donors (Lipinski definition) is 1. The zero-order valence-electron chi connectivity index (χ0n) is 11.4. The Morgan fingerprint density at radius 3 is 3.17 bits per heavy atom. The van der Waals surface area contributed by atoms with Crippen molar-refractivity contribution < 1.29 is 4.52 Å². The standard InChI is InChI=1S/C13H24N4O/c1-11(2)8-12-9-17(6-3-5-14-12)7-4-13-15-10-18-16-13/h10-12,14H,3-9H2,1-2H3. The molecule has 2 heterocycles. The smallest absolute Gasteiger partial charge is 0.213 e. The average Bonchev–Trinajstić information content (AvgIpc) is 2.74. The normalized spacial score (nSPS) is 22.3. The third-order valence-electron chi connectivity index (χ3n) is 3.38. The molecule has 18 heavy (non-hydrogen) atoms. The van der Waals surface area contributed by atoms with Crippen LogP contribution in [0.3, 0.4) is 0 Å². The van der Waals surface area contributed by atoms with Gasteiger partial charge in [0.05, 0.1) is 0 Å². The van der Waals surface area contributed by atoms with Crippen LogP contribution in [-0.2, 0) is 6.42 Å². The summed E-state index contributed by atoms with van der Waals surface area (Å²) in [6, 6.07) is 0.623. The molecule has 5 heteroatoms. The van der Waals surface area contributed by atoms with Crippen LogP contribution in [0.5, 0.6) is 0 Å². The van der Waals surface area contributed by atoms with E-state index in [-0.39, 0.29) is 0 Å². The molecule has 1 aliphatic heterocycles. The molecule has 0 radical (unpaired) electrons. The Bertz CT molecular complexity index is 326. The largest absolute Gasteiger partial charge is 0.343 e. The van der Waals surface area contributed by atoms with E-state index in [1.54, 1.807) is 0 Å². The Labute approximate surface area is 109 Å². The lowest BCUT2D eigenvalue weighted by molar-refractivity contribution is 0.255. The van der Waals surface area contributed by atoms with Gasteiger partial charge in [-0.25, -0.2) is 0 Å². The molecule has 1 N–H and O–H groups in total. The minimum Gasteiger partial charge on any atom is -0.343 e. The van der Waals surface area contributed by atoms with Crippen LogP contribution in [0.1, 0.15) is 32.5 Å². The zero-order valence-corrected chi connectivity index (χ0v) is 11.4. The maximum Gasteiger partial charge on any atom is 0.213 e. The summed E-state index contributed by atoms with van der Waals surface area (Å²) >= 11 is 0. The molecule has 0 aromatic carbocycles. The van der Waals surface area contributed by atoms with Crippen molar-refractivity contribution in [3.8, 4) is 0 Å². The van der Waals surface area contributed by atoms with Gasteiger partial charge < -0.3 is 14.7 Å². The highest BCUT2D eigenvalue weighted by Crippen LogP contribution is 2.10. The summed E-state index contributed by atoms with van der Waals surface area (Å²) in [5, 5.41) is 7.51. The fourth-order valence-electron chi connectivity index (χ4n) is 2.57. The van der Waals surface area contributed by atoms with Crippen molar-refractivity contribution in [2.75, 3.05) is 26.2 Å². The summed E-state index contributed by atoms with van der Waals surface area (Å²) in [5.41, 5.74) is 0. The molecule has 1 saturated heterocycles. The van der Waals surface area contributed by atoms with Gasteiger partial charge in [-0.1, -0.05) is 19.0 Å². The van der Waals surface area contributed by atoms with Crippen LogP contribution in [0, 0.1) is 5.92 Å². The van der Waals surface area contributed by atoms with E-state index in [0.717, 1.165) is 37.8 Å². The maximum absolute atomic E-state index is 4.76. The summed E-state index contributed by atoms with van der Waals surface area (Å²) in [6.07, 6.45) is 4.76. The molecule has 2 rings (SSSR count). The molecule has 0 amide bonds. The van der Waals surface area contributed by atoms with E-state index in [0.29, 0.717) is 6.04 Å². The molecule has 1 aliphatic rings. The number of aromatic nitrogens is 2. The molecule has 1 unspecified atom stereocenters. The molecular weight excluding hydrogens is 228 g/mol. The van der Waals surface area contributed by atoms with E-state index in [4.69, 9.17) is 4.52 Å². The minimum atomic E-state index is 0.623. The molecule has 0 saturated carbocycles. The average molecular weight is 252 g/mol. The minimum absolute atomic E-state index is 0.623. The van der Waals surface area contributed by atoms with E-state index in [2.05, 4.69) is 34.2 Å². The lowest BCUT2D eigenvalue weighted by Gasteiger charge is -2.25. The van der Waals surface area contributed by atoms with E-state index >= 15 is 0 Å². The third kappa shape index (κ3) is 4.38. The van der Waals surface area contributed by atoms with Crippen molar-refractivity contribution in [1.29, 1.82) is 0 Å². The van der Waals surface area contributed by atoms with Crippen LogP contribution in [0.2, 0.25) is 0 Å². The van der Waals surface area contributed by atoms with Gasteiger partial charge in [-0.2, -0.15) is 4.98 Å². The Kier molecular flexibility index (Phi) is 5.13. The van der Waals surface area contributed by atoms with Gasteiger partial charge in [0.25, 0.3) is 0 Å². The van der Waals surface area contributed by atoms with Crippen LogP contribution in [-0.4, -0.2) is 47.3 Å². The maximum atomic E-state index is 4.76. The summed E-state index contributed by atoms with van der Waals surface area (Å²) in [5.74, 6) is 1.56. The summed E-state index contributed by atoms with van der Waals surface area (Å²) in [7, 11) is 0. The van der Waals surface area contributed by atoms with Crippen LogP contribution in [0.15, 0.2) is 10.9 Å². The second-order valence-corrected chi connectivity index (χ2v) is 5.53. The fraction of sp³-hybridized carbons (Fsp3) is 0.846. The van der Waals surface area contributed by atoms with Gasteiger partial charge in [0.1, 0.15) is 0 Å². The second kappa shape index (κ2) is 6.85. The van der Waals surface area contributed by atoms with E-state index < -0.39 is 0 Å². The predicted octanol–water partition coefficient (Wildman–Crippen LogP) is 1.32. The van der Waals surface area contributed by atoms with E-state index in [9.17, 15) is 0 Å². The summed E-state index contributed by atoms with van der Waals surface area (Å²) < 4.78 is 4.76. The summed E-state index contributed by atoms with van der Waals surface area (Å²) in [6.45, 7) is 9.04. The quantitative estimate of drug-likeness (QED) is 0.856. The molecule has 102 valence electrons. The third-order valence-corrected chi connectivity index (χ3v) is 3.38. The molecule has 0 bridgehead atoms. The van der Waals surface area contributed by atoms with E-state index in [1.165, 1.54) is 25.8 Å². The van der Waals surface area contributed by atoms with Crippen molar-refractivity contribution in [3.63, 3.8) is 0 Å². The number of nitrogens with zero attached hydrogens (tertiary/aromatic N) is 3. The molecule has 1 aromatic heterocycles. The predicted molar refractivity (Wildman–Crippen MR) is 70.3 cm³/mol. The van der Waals surface area contributed by atoms with Crippen LogP contribution in [0.25, 0.3) is 0 Å². The zero-order chi connectivity index (χ0) is 12.8. The molecule has 0 spiro atoms. The van der Waals surface area contributed by atoms with Crippen LogP contribution >= 0.6 is 0 Å². The molecule has 5 nitrogen and oxygen atoms in total. The molecular formula is C13H24N4O. The van der Waals surface area contributed by atoms with Gasteiger partial charge in [0, 0.05) is 25.6 Å². The van der Waals surface area contributed by atoms with Crippen molar-refractivity contribution in [2.45, 2.75) is 39.2 Å². The van der Waals surface area contributed by atoms with Gasteiger partial charge in [-0.15, -0.1) is 0 Å². The monoisotopic (exact) mass is 252 g/mol. The highest BCUT2D eigenvalue weighted by atomic mass is 16.5. The second-order valence-electron chi connectivity index (χ2n) is 5.53. The first-order valence-corrected chi connectivity index (χ1v) is 6.95. The van der Waals surface area contributed by atoms with Crippen molar-refractivity contribution >= 4 is 0 Å². The Balaban J connectivity index is 1.79. The highest BCUT2D eigenvalue weighted by Gasteiger charge is 2.18. The first-order chi connectivity index (χ1) is 8.74. The molecule has 1 aromatic rings. The SMILES string of the molecule is CC(C)CC1CN(CCc2ncon2)CCCN1. The summed E-state index contributed by atoms with van der Waals surface area (Å²) in [4.78, 5) is 6.59. The van der Waals surface area contributed by atoms with Crippen molar-refractivity contribution in [3.05, 3.63) is 12.2 Å². The lowest BCUT2D eigenvalue weighted by Crippen LogP contribution is -2.39. The fourth-order valence-corrected chi connectivity index (χ4v) is 2.57. The van der Waals surface area contributed by atoms with Gasteiger partial charge in [0.15, 0.2) is 5.82 Å². The van der Waals surface area contributed by atoms with Gasteiger partial charge in [-0.3, -0.25) is 0 Å². The Morgan fingerprint density at radius 1 is 1.56 bits per heavy atom. The van der Waals surface area contributed by atoms with Crippen molar-refractivity contribution in [2.24, 2.45) is 5.92 Å². The number of hydrogen-bond acceptors (Lipinski definition) is 5. The van der Waals surface area contributed by atoms with Crippen molar-refractivity contribution in [1.82, 2.24) is 20.4 Å². The highest BCUT2D eigenvalue weighted by molar-refractivity contribution is 4.82. The molecule has 0 aliphatic carbocycles. The lowest BCUT2D eigenvalue weighted by atomic mass is 10.0. The number of rotatable bonds is 5. The molecule has 1 atom stereocenters. The topological polar surface area (TPSA) is 54.2 Å². The van der Waals surface area contributed by atoms with Crippen LogP contribution in [0.4, 0.5) is 0 Å². The number of nitrogens with one attached hydrogen (secondary N) is 1. The first kappa shape index (κ1) is 13.5. The first-order valence-electron chi connectivity index (χ1n) is 6.95. The van der Waals surface area contributed by atoms with Gasteiger partial charge in [0.2, 0.25) is 6.39 Å². The Morgan fingerprint density at radius 2 is 2.44 bits per heavy atom.